The Kier molecular flexibility index (Phi) is 5.01. The third-order valence-corrected chi connectivity index (χ3v) is 3.35. The highest BCUT2D eigenvalue weighted by molar-refractivity contribution is 6.31. The number of hydrogen-bond donors (Lipinski definition) is 2. The number of rotatable bonds is 3. The standard InChI is InChI=1S/C17H17ClN2O/c1-12-5-3-4-6-14(12)9-10-19-17(21)20-16-11-15(18)8-7-13(16)2/h3-11H,1-2H3,(H2,19,20,21)/b10-9+. The molecule has 0 aliphatic rings. The SMILES string of the molecule is Cc1ccccc1/C=C/NC(=O)Nc1cc(Cl)ccc1C. The summed E-state index contributed by atoms with van der Waals surface area (Å²) in [4.78, 5) is 11.8. The first-order valence-corrected chi connectivity index (χ1v) is 7.00. The van der Waals surface area contributed by atoms with Crippen molar-refractivity contribution < 1.29 is 4.79 Å². The van der Waals surface area contributed by atoms with Gasteiger partial charge in [0.25, 0.3) is 0 Å². The van der Waals surface area contributed by atoms with Crippen LogP contribution in [0.4, 0.5) is 10.5 Å². The first-order valence-electron chi connectivity index (χ1n) is 6.62. The van der Waals surface area contributed by atoms with Gasteiger partial charge >= 0.3 is 6.03 Å². The molecule has 2 rings (SSSR count). The molecule has 0 aliphatic heterocycles. The number of nitrogens with one attached hydrogen (secondary N) is 2. The van der Waals surface area contributed by atoms with Crippen molar-refractivity contribution >= 4 is 29.4 Å². The summed E-state index contributed by atoms with van der Waals surface area (Å²) >= 11 is 5.92. The topological polar surface area (TPSA) is 41.1 Å². The number of carbonyl (C=O) groups excluding carboxylic acids is 1. The quantitative estimate of drug-likeness (QED) is 0.844. The van der Waals surface area contributed by atoms with Gasteiger partial charge in [-0.1, -0.05) is 41.9 Å². The van der Waals surface area contributed by atoms with Gasteiger partial charge in [0.05, 0.1) is 0 Å². The molecule has 0 fully saturated rings. The number of urea groups is 1. The van der Waals surface area contributed by atoms with Crippen LogP contribution in [0.1, 0.15) is 16.7 Å². The van der Waals surface area contributed by atoms with E-state index in [1.165, 1.54) is 0 Å². The van der Waals surface area contributed by atoms with Crippen LogP contribution in [0.2, 0.25) is 5.02 Å². The zero-order valence-electron chi connectivity index (χ0n) is 12.0. The molecule has 2 amide bonds. The summed E-state index contributed by atoms with van der Waals surface area (Å²) in [5, 5.41) is 6.04. The molecular weight excluding hydrogens is 284 g/mol. The maximum absolute atomic E-state index is 11.8. The van der Waals surface area contributed by atoms with Crippen LogP contribution < -0.4 is 10.6 Å². The molecule has 0 saturated carbocycles. The Hall–Kier alpha value is -2.26. The lowest BCUT2D eigenvalue weighted by Crippen LogP contribution is -2.24. The van der Waals surface area contributed by atoms with E-state index >= 15 is 0 Å². The van der Waals surface area contributed by atoms with Crippen LogP contribution in [0.5, 0.6) is 0 Å². The minimum atomic E-state index is -0.301. The van der Waals surface area contributed by atoms with Gasteiger partial charge in [-0.3, -0.25) is 0 Å². The molecule has 4 heteroatoms. The molecule has 0 bridgehead atoms. The van der Waals surface area contributed by atoms with Crippen LogP contribution in [-0.2, 0) is 0 Å². The van der Waals surface area contributed by atoms with E-state index in [1.54, 1.807) is 18.3 Å². The van der Waals surface area contributed by atoms with Crippen LogP contribution in [0.15, 0.2) is 48.7 Å². The molecule has 2 aromatic carbocycles. The van der Waals surface area contributed by atoms with Gasteiger partial charge in [0.15, 0.2) is 0 Å². The van der Waals surface area contributed by atoms with Crippen molar-refractivity contribution in [1.82, 2.24) is 5.32 Å². The molecule has 0 radical (unpaired) electrons. The molecule has 2 N–H and O–H groups in total. The maximum Gasteiger partial charge on any atom is 0.323 e. The fraction of sp³-hybridized carbons (Fsp3) is 0.118. The third-order valence-electron chi connectivity index (χ3n) is 3.11. The number of amides is 2. The molecule has 0 aliphatic carbocycles. The first-order chi connectivity index (χ1) is 10.1. The van der Waals surface area contributed by atoms with E-state index in [1.807, 2.05) is 50.3 Å². The Balaban J connectivity index is 1.96. The minimum absolute atomic E-state index is 0.301. The molecule has 108 valence electrons. The highest BCUT2D eigenvalue weighted by Gasteiger charge is 2.03. The van der Waals surface area contributed by atoms with Crippen molar-refractivity contribution in [3.63, 3.8) is 0 Å². The maximum atomic E-state index is 11.8. The molecule has 0 atom stereocenters. The zero-order valence-corrected chi connectivity index (χ0v) is 12.7. The number of hydrogen-bond acceptors (Lipinski definition) is 1. The van der Waals surface area contributed by atoms with Gasteiger partial charge in [-0.05, 0) is 48.7 Å². The summed E-state index contributed by atoms with van der Waals surface area (Å²) in [6.07, 6.45) is 3.48. The van der Waals surface area contributed by atoms with Crippen molar-refractivity contribution in [3.8, 4) is 0 Å². The second-order valence-electron chi connectivity index (χ2n) is 4.75. The number of carbonyl (C=O) groups is 1. The summed E-state index contributed by atoms with van der Waals surface area (Å²) in [5.41, 5.74) is 3.88. The predicted molar refractivity (Wildman–Crippen MR) is 88.6 cm³/mol. The molecule has 0 aromatic heterocycles. The lowest BCUT2D eigenvalue weighted by Gasteiger charge is -2.08. The smallest absolute Gasteiger partial charge is 0.314 e. The van der Waals surface area contributed by atoms with Crippen molar-refractivity contribution in [2.75, 3.05) is 5.32 Å². The van der Waals surface area contributed by atoms with Gasteiger partial charge in [0, 0.05) is 16.9 Å². The molecular formula is C17H17ClN2O. The summed E-state index contributed by atoms with van der Waals surface area (Å²) in [5.74, 6) is 0. The van der Waals surface area contributed by atoms with E-state index in [9.17, 15) is 4.79 Å². The minimum Gasteiger partial charge on any atom is -0.314 e. The van der Waals surface area contributed by atoms with Crippen molar-refractivity contribution in [1.29, 1.82) is 0 Å². The number of anilines is 1. The highest BCUT2D eigenvalue weighted by atomic mass is 35.5. The van der Waals surface area contributed by atoms with Gasteiger partial charge < -0.3 is 10.6 Å². The lowest BCUT2D eigenvalue weighted by atomic mass is 10.1. The average Bonchev–Trinajstić information content (AvgIpc) is 2.45. The Morgan fingerprint density at radius 3 is 2.62 bits per heavy atom. The van der Waals surface area contributed by atoms with E-state index in [-0.39, 0.29) is 6.03 Å². The van der Waals surface area contributed by atoms with Gasteiger partial charge in [0.1, 0.15) is 0 Å². The largest absolute Gasteiger partial charge is 0.323 e. The Bertz CT molecular complexity index is 680. The predicted octanol–water partition coefficient (Wildman–Crippen LogP) is 4.75. The van der Waals surface area contributed by atoms with Crippen LogP contribution in [0, 0.1) is 13.8 Å². The Morgan fingerprint density at radius 1 is 1.10 bits per heavy atom. The van der Waals surface area contributed by atoms with Gasteiger partial charge in [-0.25, -0.2) is 4.79 Å². The summed E-state index contributed by atoms with van der Waals surface area (Å²) in [7, 11) is 0. The molecule has 0 saturated heterocycles. The monoisotopic (exact) mass is 300 g/mol. The number of halogens is 1. The normalized spacial score (nSPS) is 10.6. The van der Waals surface area contributed by atoms with Gasteiger partial charge in [-0.2, -0.15) is 0 Å². The Labute approximate surface area is 129 Å². The fourth-order valence-corrected chi connectivity index (χ4v) is 2.04. The van der Waals surface area contributed by atoms with E-state index < -0.39 is 0 Å². The second kappa shape index (κ2) is 6.95. The summed E-state index contributed by atoms with van der Waals surface area (Å²) < 4.78 is 0. The van der Waals surface area contributed by atoms with Crippen LogP contribution >= 0.6 is 11.6 Å². The van der Waals surface area contributed by atoms with Crippen molar-refractivity contribution in [3.05, 3.63) is 70.4 Å². The van der Waals surface area contributed by atoms with Gasteiger partial charge in [-0.15, -0.1) is 0 Å². The first kappa shape index (κ1) is 15.1. The molecule has 3 nitrogen and oxygen atoms in total. The van der Waals surface area contributed by atoms with Crippen molar-refractivity contribution in [2.24, 2.45) is 0 Å². The lowest BCUT2D eigenvalue weighted by molar-refractivity contribution is 0.255. The van der Waals surface area contributed by atoms with E-state index in [2.05, 4.69) is 10.6 Å². The second-order valence-corrected chi connectivity index (χ2v) is 5.18. The Morgan fingerprint density at radius 2 is 1.86 bits per heavy atom. The van der Waals surface area contributed by atoms with Crippen LogP contribution in [0.3, 0.4) is 0 Å². The molecule has 0 unspecified atom stereocenters. The third kappa shape index (κ3) is 4.36. The molecule has 2 aromatic rings. The zero-order chi connectivity index (χ0) is 15.2. The fourth-order valence-electron chi connectivity index (χ4n) is 1.87. The van der Waals surface area contributed by atoms with Gasteiger partial charge in [0.2, 0.25) is 0 Å². The van der Waals surface area contributed by atoms with Crippen molar-refractivity contribution in [2.45, 2.75) is 13.8 Å². The van der Waals surface area contributed by atoms with E-state index in [4.69, 9.17) is 11.6 Å². The summed E-state index contributed by atoms with van der Waals surface area (Å²) in [6.45, 7) is 3.93. The number of benzene rings is 2. The highest BCUT2D eigenvalue weighted by Crippen LogP contribution is 2.19. The van der Waals surface area contributed by atoms with Crippen LogP contribution in [-0.4, -0.2) is 6.03 Å². The average molecular weight is 301 g/mol. The molecule has 21 heavy (non-hydrogen) atoms. The van der Waals surface area contributed by atoms with E-state index in [0.717, 1.165) is 16.7 Å². The van der Waals surface area contributed by atoms with Crippen LogP contribution in [0.25, 0.3) is 6.08 Å². The summed E-state index contributed by atoms with van der Waals surface area (Å²) in [6, 6.07) is 13.0. The molecule has 0 spiro atoms. The number of aryl methyl sites for hydroxylation is 2. The molecule has 0 heterocycles. The van der Waals surface area contributed by atoms with E-state index in [0.29, 0.717) is 10.7 Å².